The van der Waals surface area contributed by atoms with E-state index in [1.54, 1.807) is 0 Å². The van der Waals surface area contributed by atoms with Gasteiger partial charge in [-0.05, 0) is 17.7 Å². The summed E-state index contributed by atoms with van der Waals surface area (Å²) in [6, 6.07) is 2.59. The number of alkyl halides is 6. The first-order valence-electron chi connectivity index (χ1n) is 7.56. The molecular formula is C15H18F6N2O2. The number of nitrogens with zero attached hydrogens (tertiary/aromatic N) is 1. The van der Waals surface area contributed by atoms with Crippen molar-refractivity contribution in [3.05, 3.63) is 29.8 Å². The summed E-state index contributed by atoms with van der Waals surface area (Å²) in [4.78, 5) is 1.47. The fourth-order valence-corrected chi connectivity index (χ4v) is 2.67. The Morgan fingerprint density at radius 3 is 2.12 bits per heavy atom. The average Bonchev–Trinajstić information content (AvgIpc) is 2.57. The van der Waals surface area contributed by atoms with Crippen molar-refractivity contribution in [1.82, 2.24) is 10.2 Å². The number of hydrogen-bond acceptors (Lipinski definition) is 4. The monoisotopic (exact) mass is 372 g/mol. The molecule has 25 heavy (non-hydrogen) atoms. The van der Waals surface area contributed by atoms with Gasteiger partial charge >= 0.3 is 12.5 Å². The predicted molar refractivity (Wildman–Crippen MR) is 77.2 cm³/mol. The third-order valence-corrected chi connectivity index (χ3v) is 3.83. The van der Waals surface area contributed by atoms with Gasteiger partial charge in [-0.15, -0.1) is 0 Å². The fourth-order valence-electron chi connectivity index (χ4n) is 2.67. The summed E-state index contributed by atoms with van der Waals surface area (Å²) < 4.78 is 82.4. The molecule has 0 amide bonds. The van der Waals surface area contributed by atoms with Crippen LogP contribution in [0.1, 0.15) is 11.6 Å². The predicted octanol–water partition coefficient (Wildman–Crippen LogP) is 2.50. The van der Waals surface area contributed by atoms with E-state index in [-0.39, 0.29) is 5.56 Å². The van der Waals surface area contributed by atoms with Gasteiger partial charge in [0.15, 0.2) is 0 Å². The summed E-state index contributed by atoms with van der Waals surface area (Å²) >= 11 is 0. The van der Waals surface area contributed by atoms with Gasteiger partial charge in [-0.2, -0.15) is 17.6 Å². The molecule has 2 N–H and O–H groups in total. The number of ether oxygens (including phenoxy) is 1. The molecule has 0 saturated carbocycles. The molecule has 1 aromatic carbocycles. The van der Waals surface area contributed by atoms with Gasteiger partial charge in [0.05, 0.1) is 0 Å². The zero-order valence-corrected chi connectivity index (χ0v) is 13.1. The van der Waals surface area contributed by atoms with Crippen LogP contribution in [-0.2, 0) is 0 Å². The van der Waals surface area contributed by atoms with E-state index in [0.717, 1.165) is 24.3 Å². The second-order valence-electron chi connectivity index (χ2n) is 5.64. The van der Waals surface area contributed by atoms with E-state index in [4.69, 9.17) is 5.11 Å². The Labute approximate surface area is 140 Å². The highest BCUT2D eigenvalue weighted by Gasteiger charge is 2.45. The maximum atomic E-state index is 14.2. The van der Waals surface area contributed by atoms with Crippen LogP contribution in [0.3, 0.4) is 0 Å². The van der Waals surface area contributed by atoms with Crippen LogP contribution in [-0.4, -0.2) is 61.2 Å². The molecule has 1 saturated heterocycles. The smallest absolute Gasteiger partial charge is 0.428 e. The number of benzene rings is 1. The number of nitrogens with one attached hydrogen (secondary N) is 1. The summed E-state index contributed by atoms with van der Waals surface area (Å²) in [7, 11) is 0. The number of hydrogen-bond donors (Lipinski definition) is 2. The molecule has 1 heterocycles. The lowest BCUT2D eigenvalue weighted by atomic mass is 9.98. The summed E-state index contributed by atoms with van der Waals surface area (Å²) in [5.74, 6) is -4.03. The highest BCUT2D eigenvalue weighted by Crippen LogP contribution is 2.37. The molecule has 0 aliphatic carbocycles. The van der Waals surface area contributed by atoms with Crippen molar-refractivity contribution in [2.75, 3.05) is 32.8 Å². The van der Waals surface area contributed by atoms with E-state index in [9.17, 15) is 26.3 Å². The van der Waals surface area contributed by atoms with Crippen molar-refractivity contribution in [1.29, 1.82) is 0 Å². The molecule has 4 nitrogen and oxygen atoms in total. The first-order chi connectivity index (χ1) is 11.7. The van der Waals surface area contributed by atoms with Gasteiger partial charge in [0.25, 0.3) is 5.92 Å². The molecule has 1 atom stereocenters. The summed E-state index contributed by atoms with van der Waals surface area (Å²) in [6.45, 7) is 0.201. The van der Waals surface area contributed by atoms with Crippen LogP contribution < -0.4 is 10.1 Å². The lowest BCUT2D eigenvalue weighted by Crippen LogP contribution is -2.51. The Morgan fingerprint density at radius 1 is 1.08 bits per heavy atom. The topological polar surface area (TPSA) is 44.7 Å². The minimum absolute atomic E-state index is 0.0636. The quantitative estimate of drug-likeness (QED) is 0.722. The summed E-state index contributed by atoms with van der Waals surface area (Å²) in [5, 5.41) is 12.0. The molecule has 0 unspecified atom stereocenters. The molecule has 1 fully saturated rings. The van der Waals surface area contributed by atoms with Gasteiger partial charge in [0.2, 0.25) is 0 Å². The molecule has 10 heteroatoms. The Kier molecular flexibility index (Phi) is 6.17. The molecular weight excluding hydrogens is 354 g/mol. The molecule has 0 aromatic heterocycles. The van der Waals surface area contributed by atoms with Crippen LogP contribution in [0.15, 0.2) is 24.3 Å². The van der Waals surface area contributed by atoms with E-state index < -0.39 is 36.9 Å². The van der Waals surface area contributed by atoms with Crippen molar-refractivity contribution in [3.63, 3.8) is 0 Å². The fraction of sp³-hybridized carbons (Fsp3) is 0.600. The highest BCUT2D eigenvalue weighted by atomic mass is 19.3. The zero-order valence-electron chi connectivity index (χ0n) is 13.1. The van der Waals surface area contributed by atoms with Gasteiger partial charge in [-0.1, -0.05) is 12.1 Å². The first-order valence-corrected chi connectivity index (χ1v) is 7.56. The first kappa shape index (κ1) is 19.8. The average molecular weight is 372 g/mol. The molecule has 142 valence electrons. The number of piperazine rings is 1. The minimum Gasteiger partial charge on any atom is -0.428 e. The van der Waals surface area contributed by atoms with E-state index >= 15 is 0 Å². The van der Waals surface area contributed by atoms with Crippen molar-refractivity contribution >= 4 is 0 Å². The van der Waals surface area contributed by atoms with Gasteiger partial charge in [0.1, 0.15) is 18.4 Å². The lowest BCUT2D eigenvalue weighted by Gasteiger charge is -2.38. The Bertz CT molecular complexity index is 549. The lowest BCUT2D eigenvalue weighted by molar-refractivity contribution is -0.253. The Hall–Kier alpha value is -1.52. The van der Waals surface area contributed by atoms with Crippen molar-refractivity contribution in [2.24, 2.45) is 0 Å². The molecule has 1 aliphatic rings. The summed E-state index contributed by atoms with van der Waals surface area (Å²) in [6.07, 6.45) is -8.69. The number of halogens is 6. The van der Waals surface area contributed by atoms with Crippen LogP contribution in [0.25, 0.3) is 0 Å². The third kappa shape index (κ3) is 4.77. The number of rotatable bonds is 7. The maximum absolute atomic E-state index is 14.2. The van der Waals surface area contributed by atoms with Gasteiger partial charge in [-0.3, -0.25) is 4.90 Å². The molecule has 1 aromatic rings. The van der Waals surface area contributed by atoms with Gasteiger partial charge < -0.3 is 15.2 Å². The zero-order chi connectivity index (χ0) is 18.7. The molecule has 0 radical (unpaired) electrons. The molecule has 0 bridgehead atoms. The van der Waals surface area contributed by atoms with Crippen LogP contribution in [0, 0.1) is 0 Å². The molecule has 1 aliphatic heterocycles. The SMILES string of the molecule is OCC(F)(F)[C@@H](c1ccc(OC(F)(F)C(F)F)cc1)N1CCNCC1. The van der Waals surface area contributed by atoms with Crippen molar-refractivity contribution in [3.8, 4) is 5.75 Å². The Balaban J connectivity index is 2.23. The minimum atomic E-state index is -4.67. The maximum Gasteiger partial charge on any atom is 0.461 e. The molecule has 2 rings (SSSR count). The van der Waals surface area contributed by atoms with Gasteiger partial charge in [-0.25, -0.2) is 8.78 Å². The van der Waals surface area contributed by atoms with E-state index in [1.165, 1.54) is 4.90 Å². The van der Waals surface area contributed by atoms with Crippen molar-refractivity contribution in [2.45, 2.75) is 24.5 Å². The number of aliphatic hydroxyl groups is 1. The van der Waals surface area contributed by atoms with E-state index in [0.29, 0.717) is 26.2 Å². The van der Waals surface area contributed by atoms with Crippen LogP contribution >= 0.6 is 0 Å². The second-order valence-corrected chi connectivity index (χ2v) is 5.64. The standard InChI is InChI=1S/C15H18F6N2O2/c16-13(17)15(20,21)25-11-3-1-10(2-4-11)12(14(18,19)9-24)23-7-5-22-6-8-23/h1-4,12-13,22,24H,5-9H2/t12-/m1/s1. The van der Waals surface area contributed by atoms with Gasteiger partial charge in [0, 0.05) is 26.2 Å². The Morgan fingerprint density at radius 2 is 1.64 bits per heavy atom. The second kappa shape index (κ2) is 7.79. The van der Waals surface area contributed by atoms with E-state index in [2.05, 4.69) is 10.1 Å². The highest BCUT2D eigenvalue weighted by molar-refractivity contribution is 5.31. The van der Waals surface area contributed by atoms with Crippen LogP contribution in [0.2, 0.25) is 0 Å². The van der Waals surface area contributed by atoms with E-state index in [1.807, 2.05) is 0 Å². The third-order valence-electron chi connectivity index (χ3n) is 3.83. The molecule has 0 spiro atoms. The van der Waals surface area contributed by atoms with Crippen LogP contribution in [0.4, 0.5) is 26.3 Å². The summed E-state index contributed by atoms with van der Waals surface area (Å²) in [5.41, 5.74) is 0.0636. The largest absolute Gasteiger partial charge is 0.461 e. The van der Waals surface area contributed by atoms with Crippen molar-refractivity contribution < 1.29 is 36.2 Å². The van der Waals surface area contributed by atoms with Crippen LogP contribution in [0.5, 0.6) is 5.75 Å². The number of aliphatic hydroxyl groups excluding tert-OH is 1. The normalized spacial score (nSPS) is 18.4.